The van der Waals surface area contributed by atoms with Gasteiger partial charge in [-0.1, -0.05) is 78.9 Å². The highest BCUT2D eigenvalue weighted by Gasteiger charge is 2.50. The summed E-state index contributed by atoms with van der Waals surface area (Å²) in [5, 5.41) is 2.10. The maximum atomic E-state index is 6.79. The molecule has 0 amide bonds. The van der Waals surface area contributed by atoms with E-state index in [1.165, 1.54) is 0 Å². The minimum Gasteiger partial charge on any atom is -0.457 e. The molecule has 0 saturated carbocycles. The van der Waals surface area contributed by atoms with Gasteiger partial charge in [0.05, 0.1) is 17.3 Å². The molecule has 0 bridgehead atoms. The largest absolute Gasteiger partial charge is 0.457 e. The molecule has 1 spiro atoms. The summed E-state index contributed by atoms with van der Waals surface area (Å²) in [5.74, 6) is 3.25. The summed E-state index contributed by atoms with van der Waals surface area (Å²) in [6, 6.07) is 43.9. The fourth-order valence-corrected chi connectivity index (χ4v) is 7.45. The summed E-state index contributed by atoms with van der Waals surface area (Å²) in [4.78, 5) is 8.88. The van der Waals surface area contributed by atoms with E-state index >= 15 is 0 Å². The average Bonchev–Trinajstić information content (AvgIpc) is 3.50. The second-order valence-corrected chi connectivity index (χ2v) is 11.7. The summed E-state index contributed by atoms with van der Waals surface area (Å²) in [5.41, 5.74) is 9.23. The number of ether oxygens (including phenoxy) is 2. The Kier molecular flexibility index (Phi) is 5.14. The summed E-state index contributed by atoms with van der Waals surface area (Å²) < 4.78 is 19.6. The Hall–Kier alpha value is -6.20. The van der Waals surface area contributed by atoms with Crippen LogP contribution in [-0.4, -0.2) is 9.97 Å². The third-order valence-corrected chi connectivity index (χ3v) is 9.36. The van der Waals surface area contributed by atoms with E-state index in [0.717, 1.165) is 89.6 Å². The van der Waals surface area contributed by atoms with Crippen molar-refractivity contribution in [1.82, 2.24) is 9.97 Å². The van der Waals surface area contributed by atoms with Crippen LogP contribution in [0.25, 0.3) is 44.3 Å². The molecule has 2 aliphatic heterocycles. The van der Waals surface area contributed by atoms with Gasteiger partial charge < -0.3 is 13.9 Å². The predicted molar refractivity (Wildman–Crippen MR) is 179 cm³/mol. The van der Waals surface area contributed by atoms with Crippen LogP contribution in [0.4, 0.5) is 0 Å². The normalized spacial score (nSPS) is 15.8. The van der Waals surface area contributed by atoms with Gasteiger partial charge in [-0.25, -0.2) is 0 Å². The Morgan fingerprint density at radius 2 is 1.17 bits per heavy atom. The zero-order chi connectivity index (χ0) is 30.2. The molecule has 46 heavy (non-hydrogen) atoms. The number of rotatable bonds is 2. The molecule has 2 aliphatic rings. The Labute approximate surface area is 264 Å². The highest BCUT2D eigenvalue weighted by molar-refractivity contribution is 6.12. The Balaban J connectivity index is 1.25. The van der Waals surface area contributed by atoms with Gasteiger partial charge in [0.15, 0.2) is 5.58 Å². The van der Waals surface area contributed by atoms with Crippen LogP contribution in [0.5, 0.6) is 23.0 Å². The topological polar surface area (TPSA) is 57.4 Å². The highest BCUT2D eigenvalue weighted by atomic mass is 16.5. The quantitative estimate of drug-likeness (QED) is 0.200. The van der Waals surface area contributed by atoms with E-state index in [-0.39, 0.29) is 0 Å². The first kappa shape index (κ1) is 25.2. The fraction of sp³-hybridized carbons (Fsp3) is 0.0244. The van der Waals surface area contributed by atoms with Gasteiger partial charge in [0, 0.05) is 51.0 Å². The van der Waals surface area contributed by atoms with E-state index in [2.05, 4.69) is 88.8 Å². The minimum absolute atomic E-state index is 0.671. The molecule has 216 valence electrons. The van der Waals surface area contributed by atoms with Crippen LogP contribution in [0, 0.1) is 0 Å². The van der Waals surface area contributed by atoms with E-state index in [9.17, 15) is 0 Å². The van der Waals surface area contributed by atoms with Gasteiger partial charge in [-0.2, -0.15) is 0 Å². The number of fused-ring (bicyclic) bond motifs is 11. The number of aromatic nitrogens is 2. The molecule has 10 rings (SSSR count). The maximum Gasteiger partial charge on any atom is 0.153 e. The van der Waals surface area contributed by atoms with Crippen LogP contribution in [0.3, 0.4) is 0 Å². The number of benzene rings is 5. The molecule has 5 heterocycles. The zero-order valence-electron chi connectivity index (χ0n) is 24.5. The molecule has 5 heteroatoms. The van der Waals surface area contributed by atoms with E-state index in [4.69, 9.17) is 13.9 Å². The Morgan fingerprint density at radius 1 is 0.500 bits per heavy atom. The highest BCUT2D eigenvalue weighted by Crippen LogP contribution is 2.62. The van der Waals surface area contributed by atoms with E-state index in [1.807, 2.05) is 60.9 Å². The number of furan rings is 1. The van der Waals surface area contributed by atoms with Gasteiger partial charge in [0.25, 0.3) is 0 Å². The number of para-hydroxylation sites is 2. The number of hydrogen-bond acceptors (Lipinski definition) is 5. The van der Waals surface area contributed by atoms with Crippen molar-refractivity contribution >= 4 is 21.9 Å². The Morgan fingerprint density at radius 3 is 1.91 bits per heavy atom. The Bertz CT molecular complexity index is 2490. The predicted octanol–water partition coefficient (Wildman–Crippen LogP) is 10.3. The summed E-state index contributed by atoms with van der Waals surface area (Å²) in [6.07, 6.45) is 5.40. The van der Waals surface area contributed by atoms with Crippen LogP contribution in [-0.2, 0) is 5.41 Å². The SMILES string of the molecule is c1ccc(-c2ccc3c(c2)Oc2ccccc2C32c3ccccc3Oc3cc(-c4cccc5oc6cnccc6c45)ccc32)nc1. The molecule has 5 nitrogen and oxygen atoms in total. The van der Waals surface area contributed by atoms with Gasteiger partial charge in [-0.3, -0.25) is 9.97 Å². The molecular formula is C41H24N2O3. The zero-order valence-corrected chi connectivity index (χ0v) is 24.5. The van der Waals surface area contributed by atoms with Crippen LogP contribution < -0.4 is 9.47 Å². The van der Waals surface area contributed by atoms with Crippen molar-refractivity contribution in [3.05, 3.63) is 168 Å². The summed E-state index contributed by atoms with van der Waals surface area (Å²) in [7, 11) is 0. The van der Waals surface area contributed by atoms with Gasteiger partial charge in [0.1, 0.15) is 28.6 Å². The van der Waals surface area contributed by atoms with Crippen molar-refractivity contribution in [3.63, 3.8) is 0 Å². The van der Waals surface area contributed by atoms with Crippen molar-refractivity contribution in [3.8, 4) is 45.4 Å². The van der Waals surface area contributed by atoms with Crippen LogP contribution in [0.1, 0.15) is 22.3 Å². The third kappa shape index (κ3) is 3.39. The molecule has 0 fully saturated rings. The molecule has 0 N–H and O–H groups in total. The number of pyridine rings is 2. The van der Waals surface area contributed by atoms with Crippen LogP contribution >= 0.6 is 0 Å². The first-order chi connectivity index (χ1) is 22.8. The first-order valence-electron chi connectivity index (χ1n) is 15.3. The monoisotopic (exact) mass is 592 g/mol. The van der Waals surface area contributed by atoms with E-state index in [1.54, 1.807) is 6.20 Å². The summed E-state index contributed by atoms with van der Waals surface area (Å²) >= 11 is 0. The van der Waals surface area contributed by atoms with Crippen molar-refractivity contribution in [2.24, 2.45) is 0 Å². The van der Waals surface area contributed by atoms with E-state index in [0.29, 0.717) is 0 Å². The van der Waals surface area contributed by atoms with Gasteiger partial charge in [-0.05, 0) is 59.7 Å². The maximum absolute atomic E-state index is 6.79. The van der Waals surface area contributed by atoms with Gasteiger partial charge >= 0.3 is 0 Å². The van der Waals surface area contributed by atoms with Crippen molar-refractivity contribution in [2.45, 2.75) is 5.41 Å². The fourth-order valence-electron chi connectivity index (χ4n) is 7.45. The number of nitrogens with zero attached hydrogens (tertiary/aromatic N) is 2. The van der Waals surface area contributed by atoms with Crippen molar-refractivity contribution in [1.29, 1.82) is 0 Å². The van der Waals surface area contributed by atoms with Crippen molar-refractivity contribution in [2.75, 3.05) is 0 Å². The number of hydrogen-bond donors (Lipinski definition) is 0. The standard InChI is InChI=1S/C41H24N2O3/c1-3-12-34-29(9-1)41(30-10-2-4-13-35(30)45-38-23-26(16-18-32(38)41)33-11-5-6-20-43-33)31-17-15-25(22-37(31)44-34)27-8-7-14-36-40(27)28-19-21-42-24-39(28)46-36/h1-24H. The first-order valence-corrected chi connectivity index (χ1v) is 15.3. The molecule has 1 unspecified atom stereocenters. The van der Waals surface area contributed by atoms with Gasteiger partial charge in [0.2, 0.25) is 0 Å². The third-order valence-electron chi connectivity index (χ3n) is 9.36. The molecule has 3 aromatic heterocycles. The second kappa shape index (κ2) is 9.40. The van der Waals surface area contributed by atoms with Gasteiger partial charge in [-0.15, -0.1) is 0 Å². The minimum atomic E-state index is -0.671. The van der Waals surface area contributed by atoms with Crippen LogP contribution in [0.15, 0.2) is 150 Å². The molecule has 0 radical (unpaired) electrons. The molecule has 1 atom stereocenters. The molecule has 0 saturated heterocycles. The lowest BCUT2D eigenvalue weighted by Gasteiger charge is -2.45. The smallest absolute Gasteiger partial charge is 0.153 e. The summed E-state index contributed by atoms with van der Waals surface area (Å²) in [6.45, 7) is 0. The van der Waals surface area contributed by atoms with Crippen LogP contribution in [0.2, 0.25) is 0 Å². The molecule has 8 aromatic rings. The lowest BCUT2D eigenvalue weighted by atomic mass is 9.62. The molecular weight excluding hydrogens is 568 g/mol. The van der Waals surface area contributed by atoms with Crippen molar-refractivity contribution < 1.29 is 13.9 Å². The van der Waals surface area contributed by atoms with E-state index < -0.39 is 5.41 Å². The average molecular weight is 593 g/mol. The molecule has 0 aliphatic carbocycles. The lowest BCUT2D eigenvalue weighted by molar-refractivity contribution is 0.399. The molecule has 5 aromatic carbocycles. The lowest BCUT2D eigenvalue weighted by Crippen LogP contribution is -2.36. The second-order valence-electron chi connectivity index (χ2n) is 11.7.